The third-order valence-corrected chi connectivity index (χ3v) is 3.23. The van der Waals surface area contributed by atoms with Crippen molar-refractivity contribution in [3.8, 4) is 28.3 Å². The molecular weight excluding hydrogens is 326 g/mol. The molecule has 0 bridgehead atoms. The van der Waals surface area contributed by atoms with Crippen molar-refractivity contribution in [2.24, 2.45) is 0 Å². The Hall–Kier alpha value is -2.90. The summed E-state index contributed by atoms with van der Waals surface area (Å²) in [4.78, 5) is 4.04. The van der Waals surface area contributed by atoms with E-state index in [1.807, 2.05) is 0 Å². The first-order valence-electron chi connectivity index (χ1n) is 6.87. The Kier molecular flexibility index (Phi) is 3.96. The second-order valence-electron chi connectivity index (χ2n) is 4.98. The molecule has 0 atom stereocenters. The third-order valence-electron chi connectivity index (χ3n) is 3.23. The van der Waals surface area contributed by atoms with Gasteiger partial charge in [-0.25, -0.2) is 9.37 Å². The molecule has 0 aliphatic rings. The fraction of sp³-hybridized carbons (Fsp3) is 0.125. The van der Waals surface area contributed by atoms with E-state index >= 15 is 0 Å². The zero-order valence-corrected chi connectivity index (χ0v) is 12.4. The number of aromatic nitrogens is 3. The topological polar surface area (TPSA) is 50.8 Å². The molecule has 1 N–H and O–H groups in total. The molecule has 0 aliphatic carbocycles. The Morgan fingerprint density at radius 3 is 2.46 bits per heavy atom. The average molecular weight is 337 g/mol. The number of nitrogens with zero attached hydrogens (tertiary/aromatic N) is 2. The van der Waals surface area contributed by atoms with Crippen LogP contribution in [0.2, 0.25) is 0 Å². The molecule has 0 radical (unpaired) electrons. The molecule has 0 spiro atoms. The Morgan fingerprint density at radius 1 is 1.04 bits per heavy atom. The highest BCUT2D eigenvalue weighted by Gasteiger charge is 2.32. The number of H-pyrrole nitrogens is 1. The number of hydrogen-bond donors (Lipinski definition) is 1. The highest BCUT2D eigenvalue weighted by Crippen LogP contribution is 2.35. The van der Waals surface area contributed by atoms with Crippen LogP contribution in [0.3, 0.4) is 0 Å². The largest absolute Gasteiger partial charge is 0.573 e. The lowest BCUT2D eigenvalue weighted by molar-refractivity contribution is -0.274. The van der Waals surface area contributed by atoms with E-state index in [0.717, 1.165) is 6.07 Å². The van der Waals surface area contributed by atoms with E-state index in [9.17, 15) is 17.6 Å². The van der Waals surface area contributed by atoms with Crippen LogP contribution < -0.4 is 4.74 Å². The Bertz CT molecular complexity index is 874. The summed E-state index contributed by atoms with van der Waals surface area (Å²) in [6, 6.07) is 9.56. The number of hydrogen-bond acceptors (Lipinski definition) is 3. The summed E-state index contributed by atoms with van der Waals surface area (Å²) in [6.07, 6.45) is -4.82. The molecule has 3 aromatic rings. The van der Waals surface area contributed by atoms with Gasteiger partial charge in [0.2, 0.25) is 0 Å². The number of para-hydroxylation sites is 1. The molecule has 0 saturated carbocycles. The smallest absolute Gasteiger partial charge is 0.405 e. The fourth-order valence-electron chi connectivity index (χ4n) is 2.25. The quantitative estimate of drug-likeness (QED) is 0.717. The summed E-state index contributed by atoms with van der Waals surface area (Å²) < 4.78 is 55.7. The predicted octanol–water partition coefficient (Wildman–Crippen LogP) is 4.48. The first kappa shape index (κ1) is 16.0. The van der Waals surface area contributed by atoms with Gasteiger partial charge in [0.15, 0.2) is 5.82 Å². The van der Waals surface area contributed by atoms with Gasteiger partial charge in [-0.05, 0) is 30.7 Å². The standard InChI is InChI=1S/C16H11F4N3O/c1-9-21-15(23-22-9)12-8-10(6-7-13(12)17)11-4-2-3-5-14(11)24-16(18,19)20/h2-8H,1H3,(H,21,22,23). The van der Waals surface area contributed by atoms with E-state index in [4.69, 9.17) is 0 Å². The van der Waals surface area contributed by atoms with Crippen molar-refractivity contribution in [1.82, 2.24) is 15.2 Å². The van der Waals surface area contributed by atoms with Crippen molar-refractivity contribution in [2.45, 2.75) is 13.3 Å². The van der Waals surface area contributed by atoms with Gasteiger partial charge in [-0.3, -0.25) is 5.10 Å². The van der Waals surface area contributed by atoms with Crippen LogP contribution in [0.25, 0.3) is 22.5 Å². The van der Waals surface area contributed by atoms with E-state index in [0.29, 0.717) is 11.4 Å². The molecule has 3 rings (SSSR count). The van der Waals surface area contributed by atoms with Crippen LogP contribution in [0.4, 0.5) is 17.6 Å². The van der Waals surface area contributed by atoms with Gasteiger partial charge in [0, 0.05) is 5.56 Å². The Balaban J connectivity index is 2.08. The maximum absolute atomic E-state index is 14.0. The number of ether oxygens (including phenoxy) is 1. The van der Waals surface area contributed by atoms with Crippen molar-refractivity contribution in [1.29, 1.82) is 0 Å². The predicted molar refractivity (Wildman–Crippen MR) is 78.6 cm³/mol. The first-order chi connectivity index (χ1) is 11.3. The number of alkyl halides is 3. The number of rotatable bonds is 3. The lowest BCUT2D eigenvalue weighted by Crippen LogP contribution is -2.17. The van der Waals surface area contributed by atoms with Gasteiger partial charge in [0.25, 0.3) is 0 Å². The monoisotopic (exact) mass is 337 g/mol. The molecule has 8 heteroatoms. The van der Waals surface area contributed by atoms with Crippen LogP contribution in [-0.2, 0) is 0 Å². The van der Waals surface area contributed by atoms with Gasteiger partial charge in [-0.15, -0.1) is 13.2 Å². The fourth-order valence-corrected chi connectivity index (χ4v) is 2.25. The van der Waals surface area contributed by atoms with Crippen molar-refractivity contribution >= 4 is 0 Å². The molecule has 4 nitrogen and oxygen atoms in total. The van der Waals surface area contributed by atoms with Crippen LogP contribution in [-0.4, -0.2) is 21.5 Å². The second-order valence-corrected chi connectivity index (χ2v) is 4.98. The van der Waals surface area contributed by atoms with Crippen molar-refractivity contribution in [3.63, 3.8) is 0 Å². The van der Waals surface area contributed by atoms with E-state index in [2.05, 4.69) is 19.9 Å². The minimum Gasteiger partial charge on any atom is -0.405 e. The second kappa shape index (κ2) is 5.95. The number of benzene rings is 2. The highest BCUT2D eigenvalue weighted by atomic mass is 19.4. The molecular formula is C16H11F4N3O. The van der Waals surface area contributed by atoms with Crippen molar-refractivity contribution in [3.05, 3.63) is 54.1 Å². The minimum absolute atomic E-state index is 0.0821. The summed E-state index contributed by atoms with van der Waals surface area (Å²) in [6.45, 7) is 1.66. The van der Waals surface area contributed by atoms with E-state index in [1.165, 1.54) is 30.3 Å². The zero-order chi connectivity index (χ0) is 17.3. The Morgan fingerprint density at radius 2 is 1.79 bits per heavy atom. The summed E-state index contributed by atoms with van der Waals surface area (Å²) in [5.74, 6) is -0.322. The van der Waals surface area contributed by atoms with Gasteiger partial charge in [-0.1, -0.05) is 24.3 Å². The maximum atomic E-state index is 14.0. The molecule has 1 aromatic heterocycles. The molecule has 0 fully saturated rings. The number of nitrogens with one attached hydrogen (secondary N) is 1. The summed E-state index contributed by atoms with van der Waals surface area (Å²) in [5, 5.41) is 6.47. The van der Waals surface area contributed by atoms with Gasteiger partial charge < -0.3 is 4.74 Å². The van der Waals surface area contributed by atoms with Gasteiger partial charge >= 0.3 is 6.36 Å². The molecule has 0 saturated heterocycles. The van der Waals surface area contributed by atoms with Gasteiger partial charge in [-0.2, -0.15) is 5.10 Å². The molecule has 124 valence electrons. The SMILES string of the molecule is Cc1nc(-c2cc(-c3ccccc3OC(F)(F)F)ccc2F)n[nH]1. The van der Waals surface area contributed by atoms with Gasteiger partial charge in [0.1, 0.15) is 17.4 Å². The number of aromatic amines is 1. The zero-order valence-electron chi connectivity index (χ0n) is 12.4. The van der Waals surface area contributed by atoms with Crippen LogP contribution >= 0.6 is 0 Å². The summed E-state index contributed by atoms with van der Waals surface area (Å²) in [5.41, 5.74) is 0.621. The van der Waals surface area contributed by atoms with E-state index in [1.54, 1.807) is 13.0 Å². The van der Waals surface area contributed by atoms with E-state index < -0.39 is 12.2 Å². The number of halogens is 4. The molecule has 24 heavy (non-hydrogen) atoms. The highest BCUT2D eigenvalue weighted by molar-refractivity contribution is 5.74. The van der Waals surface area contributed by atoms with Crippen molar-refractivity contribution < 1.29 is 22.3 Å². The van der Waals surface area contributed by atoms with Crippen LogP contribution in [0.5, 0.6) is 5.75 Å². The minimum atomic E-state index is -4.82. The third kappa shape index (κ3) is 3.37. The molecule has 1 heterocycles. The molecule has 2 aromatic carbocycles. The van der Waals surface area contributed by atoms with Crippen LogP contribution in [0.1, 0.15) is 5.82 Å². The molecule has 0 amide bonds. The molecule has 0 aliphatic heterocycles. The van der Waals surface area contributed by atoms with Crippen LogP contribution in [0.15, 0.2) is 42.5 Å². The average Bonchev–Trinajstić information content (AvgIpc) is 2.93. The van der Waals surface area contributed by atoms with Crippen LogP contribution in [0, 0.1) is 12.7 Å². The maximum Gasteiger partial charge on any atom is 0.573 e. The van der Waals surface area contributed by atoms with E-state index in [-0.39, 0.29) is 22.7 Å². The Labute approximate surface area is 134 Å². The number of aryl methyl sites for hydroxylation is 1. The normalized spacial score (nSPS) is 11.5. The first-order valence-corrected chi connectivity index (χ1v) is 6.87. The summed E-state index contributed by atoms with van der Waals surface area (Å²) in [7, 11) is 0. The lowest BCUT2D eigenvalue weighted by Gasteiger charge is -2.13. The van der Waals surface area contributed by atoms with Gasteiger partial charge in [0.05, 0.1) is 5.56 Å². The summed E-state index contributed by atoms with van der Waals surface area (Å²) >= 11 is 0. The van der Waals surface area contributed by atoms with Crippen molar-refractivity contribution in [2.75, 3.05) is 0 Å². The molecule has 0 unspecified atom stereocenters. The lowest BCUT2D eigenvalue weighted by atomic mass is 10.0.